The molecule has 19 heavy (non-hydrogen) atoms. The summed E-state index contributed by atoms with van der Waals surface area (Å²) in [5.41, 5.74) is 1.01. The molecule has 0 aliphatic carbocycles. The van der Waals surface area contributed by atoms with E-state index in [-0.39, 0.29) is 17.3 Å². The highest BCUT2D eigenvalue weighted by atomic mass is 32.2. The van der Waals surface area contributed by atoms with Gasteiger partial charge in [0.25, 0.3) is 0 Å². The molecule has 2 aromatic rings. The summed E-state index contributed by atoms with van der Waals surface area (Å²) in [6.07, 6.45) is 0. The van der Waals surface area contributed by atoms with Gasteiger partial charge < -0.3 is 9.84 Å². The molecule has 0 aliphatic heterocycles. The number of hydrogen-bond acceptors (Lipinski definition) is 4. The van der Waals surface area contributed by atoms with E-state index in [0.29, 0.717) is 5.75 Å². The molecule has 1 heterocycles. The van der Waals surface area contributed by atoms with Gasteiger partial charge in [0.15, 0.2) is 0 Å². The van der Waals surface area contributed by atoms with Crippen molar-refractivity contribution in [3.05, 3.63) is 47.6 Å². The Hall–Kier alpha value is -1.82. The van der Waals surface area contributed by atoms with Crippen LogP contribution in [0, 0.1) is 12.7 Å². The van der Waals surface area contributed by atoms with E-state index in [2.05, 4.69) is 10.5 Å². The topological polar surface area (TPSA) is 55.1 Å². The van der Waals surface area contributed by atoms with Crippen molar-refractivity contribution in [1.82, 2.24) is 5.16 Å². The van der Waals surface area contributed by atoms with Gasteiger partial charge in [-0.1, -0.05) is 17.3 Å². The number of carbonyl (C=O) groups is 1. The summed E-state index contributed by atoms with van der Waals surface area (Å²) >= 11 is 1.38. The molecule has 0 saturated carbocycles. The minimum Gasteiger partial charge on any atom is -0.360 e. The van der Waals surface area contributed by atoms with Crippen molar-refractivity contribution in [1.29, 1.82) is 0 Å². The fourth-order valence-corrected chi connectivity index (χ4v) is 2.17. The van der Waals surface area contributed by atoms with Crippen molar-refractivity contribution >= 4 is 23.4 Å². The number of aromatic nitrogens is 1. The fourth-order valence-electron chi connectivity index (χ4n) is 1.48. The maximum Gasteiger partial charge on any atom is 0.234 e. The van der Waals surface area contributed by atoms with Crippen molar-refractivity contribution in [2.45, 2.75) is 12.7 Å². The zero-order valence-corrected chi connectivity index (χ0v) is 11.2. The molecule has 4 nitrogen and oxygen atoms in total. The van der Waals surface area contributed by atoms with Crippen molar-refractivity contribution in [3.8, 4) is 0 Å². The van der Waals surface area contributed by atoms with Crippen molar-refractivity contribution in [3.63, 3.8) is 0 Å². The summed E-state index contributed by atoms with van der Waals surface area (Å²) in [5.74, 6) is 0.832. The number of halogens is 1. The number of thioether (sulfide) groups is 1. The van der Waals surface area contributed by atoms with Gasteiger partial charge in [0.05, 0.1) is 22.9 Å². The van der Waals surface area contributed by atoms with E-state index >= 15 is 0 Å². The van der Waals surface area contributed by atoms with Gasteiger partial charge in [0.1, 0.15) is 11.6 Å². The van der Waals surface area contributed by atoms with Crippen LogP contribution in [0.4, 0.5) is 10.1 Å². The molecular formula is C13H13FN2O2S. The lowest BCUT2D eigenvalue weighted by atomic mass is 10.3. The number of nitrogens with zero attached hydrogens (tertiary/aromatic N) is 1. The third kappa shape index (κ3) is 4.10. The summed E-state index contributed by atoms with van der Waals surface area (Å²) in [7, 11) is 0. The first kappa shape index (κ1) is 13.6. The summed E-state index contributed by atoms with van der Waals surface area (Å²) in [6, 6.07) is 7.90. The molecule has 2 rings (SSSR count). The molecule has 0 spiro atoms. The van der Waals surface area contributed by atoms with Crippen LogP contribution in [-0.4, -0.2) is 16.8 Å². The lowest BCUT2D eigenvalue weighted by Gasteiger charge is -2.05. The van der Waals surface area contributed by atoms with E-state index < -0.39 is 5.82 Å². The maximum absolute atomic E-state index is 13.3. The smallest absolute Gasteiger partial charge is 0.234 e. The molecule has 1 aromatic carbocycles. The molecule has 1 aromatic heterocycles. The largest absolute Gasteiger partial charge is 0.360 e. The number of aryl methyl sites for hydroxylation is 1. The van der Waals surface area contributed by atoms with Gasteiger partial charge in [-0.05, 0) is 19.1 Å². The van der Waals surface area contributed by atoms with Gasteiger partial charge in [-0.3, -0.25) is 4.79 Å². The second-order valence-electron chi connectivity index (χ2n) is 3.96. The Labute approximate surface area is 114 Å². The minimum atomic E-state index is -0.438. The van der Waals surface area contributed by atoms with Crippen molar-refractivity contribution in [2.75, 3.05) is 11.1 Å². The Morgan fingerprint density at radius 2 is 2.26 bits per heavy atom. The van der Waals surface area contributed by atoms with Gasteiger partial charge in [-0.15, -0.1) is 11.8 Å². The molecule has 6 heteroatoms. The normalized spacial score (nSPS) is 10.4. The number of carbonyl (C=O) groups excluding carboxylic acids is 1. The van der Waals surface area contributed by atoms with Gasteiger partial charge in [0.2, 0.25) is 5.91 Å². The van der Waals surface area contributed by atoms with Gasteiger partial charge >= 0.3 is 0 Å². The quantitative estimate of drug-likeness (QED) is 0.914. The van der Waals surface area contributed by atoms with E-state index in [9.17, 15) is 9.18 Å². The predicted molar refractivity (Wildman–Crippen MR) is 72.4 cm³/mol. The van der Waals surface area contributed by atoms with E-state index in [0.717, 1.165) is 11.5 Å². The molecule has 1 amide bonds. The molecule has 0 aliphatic rings. The van der Waals surface area contributed by atoms with Crippen LogP contribution >= 0.6 is 11.8 Å². The van der Waals surface area contributed by atoms with Crippen LogP contribution in [-0.2, 0) is 10.5 Å². The summed E-state index contributed by atoms with van der Waals surface area (Å²) < 4.78 is 18.3. The molecular weight excluding hydrogens is 267 g/mol. The highest BCUT2D eigenvalue weighted by Crippen LogP contribution is 2.15. The molecule has 0 bridgehead atoms. The third-order valence-corrected chi connectivity index (χ3v) is 3.26. The second kappa shape index (κ2) is 6.38. The van der Waals surface area contributed by atoms with Crippen LogP contribution in [0.3, 0.4) is 0 Å². The van der Waals surface area contributed by atoms with Crippen molar-refractivity contribution in [2.24, 2.45) is 0 Å². The average molecular weight is 280 g/mol. The summed E-state index contributed by atoms with van der Waals surface area (Å²) in [4.78, 5) is 11.6. The minimum absolute atomic E-state index is 0.198. The van der Waals surface area contributed by atoms with Gasteiger partial charge in [0, 0.05) is 6.07 Å². The Kier molecular flexibility index (Phi) is 4.57. The first-order chi connectivity index (χ1) is 9.15. The molecule has 0 fully saturated rings. The maximum atomic E-state index is 13.3. The first-order valence-electron chi connectivity index (χ1n) is 5.69. The molecule has 0 radical (unpaired) electrons. The molecule has 0 saturated heterocycles. The molecule has 0 unspecified atom stereocenters. The molecule has 0 atom stereocenters. The monoisotopic (exact) mass is 280 g/mol. The van der Waals surface area contributed by atoms with E-state index in [1.807, 2.05) is 13.0 Å². The van der Waals surface area contributed by atoms with Crippen molar-refractivity contribution < 1.29 is 13.7 Å². The summed E-state index contributed by atoms with van der Waals surface area (Å²) in [6.45, 7) is 1.84. The lowest BCUT2D eigenvalue weighted by Crippen LogP contribution is -2.15. The SMILES string of the molecule is Cc1cc(CSCC(=O)Nc2ccccc2F)on1. The number of para-hydroxylation sites is 1. The zero-order chi connectivity index (χ0) is 13.7. The van der Waals surface area contributed by atoms with Crippen LogP contribution in [0.15, 0.2) is 34.9 Å². The van der Waals surface area contributed by atoms with Crippen LogP contribution < -0.4 is 5.32 Å². The highest BCUT2D eigenvalue weighted by molar-refractivity contribution is 7.99. The van der Waals surface area contributed by atoms with Crippen LogP contribution in [0.25, 0.3) is 0 Å². The zero-order valence-electron chi connectivity index (χ0n) is 10.4. The van der Waals surface area contributed by atoms with E-state index in [1.54, 1.807) is 12.1 Å². The standard InChI is InChI=1S/C13H13FN2O2S/c1-9-6-10(18-16-9)7-19-8-13(17)15-12-5-3-2-4-11(12)14/h2-6H,7-8H2,1H3,(H,15,17). The Balaban J connectivity index is 1.77. The lowest BCUT2D eigenvalue weighted by molar-refractivity contribution is -0.113. The van der Waals surface area contributed by atoms with Crippen LogP contribution in [0.2, 0.25) is 0 Å². The average Bonchev–Trinajstić information content (AvgIpc) is 2.78. The fraction of sp³-hybridized carbons (Fsp3) is 0.231. The van der Waals surface area contributed by atoms with Crippen LogP contribution in [0.1, 0.15) is 11.5 Å². The number of amides is 1. The number of anilines is 1. The van der Waals surface area contributed by atoms with Gasteiger partial charge in [-0.2, -0.15) is 0 Å². The van der Waals surface area contributed by atoms with Crippen LogP contribution in [0.5, 0.6) is 0 Å². The Morgan fingerprint density at radius 1 is 1.47 bits per heavy atom. The number of nitrogens with one attached hydrogen (secondary N) is 1. The predicted octanol–water partition coefficient (Wildman–Crippen LogP) is 2.99. The van der Waals surface area contributed by atoms with Gasteiger partial charge in [-0.25, -0.2) is 4.39 Å². The molecule has 1 N–H and O–H groups in total. The second-order valence-corrected chi connectivity index (χ2v) is 4.94. The number of benzene rings is 1. The first-order valence-corrected chi connectivity index (χ1v) is 6.85. The molecule has 100 valence electrons. The Bertz CT molecular complexity index is 571. The summed E-state index contributed by atoms with van der Waals surface area (Å²) in [5, 5.41) is 6.28. The highest BCUT2D eigenvalue weighted by Gasteiger charge is 2.07. The third-order valence-electron chi connectivity index (χ3n) is 2.30. The number of rotatable bonds is 5. The number of hydrogen-bond donors (Lipinski definition) is 1. The van der Waals surface area contributed by atoms with E-state index in [4.69, 9.17) is 4.52 Å². The van der Waals surface area contributed by atoms with E-state index in [1.165, 1.54) is 23.9 Å². The Morgan fingerprint density at radius 3 is 2.95 bits per heavy atom.